The molecule has 2 aromatic heterocycles. The van der Waals surface area contributed by atoms with E-state index in [1.807, 2.05) is 24.4 Å². The predicted molar refractivity (Wildman–Crippen MR) is 74.0 cm³/mol. The van der Waals surface area contributed by atoms with Crippen LogP contribution < -0.4 is 4.74 Å². The van der Waals surface area contributed by atoms with Crippen LogP contribution in [0, 0.1) is 0 Å². The number of aromatic carboxylic acids is 1. The number of aryl methyl sites for hydroxylation is 1. The van der Waals surface area contributed by atoms with Gasteiger partial charge in [-0.2, -0.15) is 5.10 Å². The lowest BCUT2D eigenvalue weighted by Crippen LogP contribution is -1.99. The molecule has 0 aliphatic heterocycles. The molecule has 0 aliphatic rings. The van der Waals surface area contributed by atoms with Crippen molar-refractivity contribution in [1.29, 1.82) is 0 Å². The Morgan fingerprint density at radius 3 is 2.85 bits per heavy atom. The van der Waals surface area contributed by atoms with Crippen molar-refractivity contribution in [2.45, 2.75) is 0 Å². The Bertz CT molecular complexity index is 801. The summed E-state index contributed by atoms with van der Waals surface area (Å²) >= 11 is 0. The monoisotopic (exact) mass is 271 g/mol. The first kappa shape index (κ1) is 12.3. The second kappa shape index (κ2) is 4.41. The predicted octanol–water partition coefficient (Wildman–Crippen LogP) is 2.28. The summed E-state index contributed by atoms with van der Waals surface area (Å²) in [5, 5.41) is 14.0. The minimum absolute atomic E-state index is 0.0112. The summed E-state index contributed by atoms with van der Waals surface area (Å²) in [5.74, 6) is -0.371. The fraction of sp³-hybridized carbons (Fsp3) is 0.143. The van der Waals surface area contributed by atoms with Gasteiger partial charge in [-0.1, -0.05) is 0 Å². The van der Waals surface area contributed by atoms with Crippen molar-refractivity contribution in [2.75, 3.05) is 7.11 Å². The summed E-state index contributed by atoms with van der Waals surface area (Å²) < 4.78 is 6.95. The zero-order valence-electron chi connectivity index (χ0n) is 11.0. The molecule has 0 radical (unpaired) electrons. The number of aromatic nitrogens is 3. The number of hydrogen-bond acceptors (Lipinski definition) is 3. The zero-order chi connectivity index (χ0) is 14.3. The van der Waals surface area contributed by atoms with Gasteiger partial charge in [-0.25, -0.2) is 4.79 Å². The number of carboxylic acid groups (broad SMARTS) is 1. The summed E-state index contributed by atoms with van der Waals surface area (Å²) in [5.41, 5.74) is 2.49. The Labute approximate surface area is 114 Å². The molecular formula is C14H13N3O3. The Morgan fingerprint density at radius 1 is 1.40 bits per heavy atom. The van der Waals surface area contributed by atoms with Gasteiger partial charge in [0, 0.05) is 24.1 Å². The van der Waals surface area contributed by atoms with E-state index in [2.05, 4.69) is 10.1 Å². The maximum Gasteiger partial charge on any atom is 0.356 e. The van der Waals surface area contributed by atoms with E-state index in [9.17, 15) is 4.79 Å². The molecule has 2 N–H and O–H groups in total. The Hall–Kier alpha value is -2.76. The van der Waals surface area contributed by atoms with Crippen LogP contribution in [-0.4, -0.2) is 33.0 Å². The van der Waals surface area contributed by atoms with Crippen molar-refractivity contribution in [3.8, 4) is 17.0 Å². The van der Waals surface area contributed by atoms with Gasteiger partial charge in [-0.3, -0.25) is 4.68 Å². The molecule has 20 heavy (non-hydrogen) atoms. The minimum Gasteiger partial charge on any atom is -0.496 e. The summed E-state index contributed by atoms with van der Waals surface area (Å²) in [6.45, 7) is 0. The van der Waals surface area contributed by atoms with Gasteiger partial charge in [0.15, 0.2) is 5.69 Å². The summed E-state index contributed by atoms with van der Waals surface area (Å²) in [6, 6.07) is 7.25. The number of ether oxygens (including phenoxy) is 1. The number of carboxylic acids is 1. The van der Waals surface area contributed by atoms with Crippen LogP contribution in [-0.2, 0) is 7.05 Å². The fourth-order valence-electron chi connectivity index (χ4n) is 2.35. The maximum atomic E-state index is 11.1. The number of hydrogen-bond donors (Lipinski definition) is 2. The maximum absolute atomic E-state index is 11.1. The van der Waals surface area contributed by atoms with Crippen molar-refractivity contribution in [3.05, 3.63) is 36.2 Å². The number of H-pyrrole nitrogens is 1. The van der Waals surface area contributed by atoms with Crippen LogP contribution >= 0.6 is 0 Å². The normalized spacial score (nSPS) is 10.9. The highest BCUT2D eigenvalue weighted by Gasteiger charge is 2.18. The Kier molecular flexibility index (Phi) is 2.71. The lowest BCUT2D eigenvalue weighted by atomic mass is 10.1. The Balaban J connectivity index is 2.32. The number of rotatable bonds is 3. The van der Waals surface area contributed by atoms with E-state index in [0.29, 0.717) is 11.4 Å². The third kappa shape index (κ3) is 1.73. The first-order valence-electron chi connectivity index (χ1n) is 6.03. The first-order chi connectivity index (χ1) is 9.61. The van der Waals surface area contributed by atoms with Gasteiger partial charge in [0.2, 0.25) is 0 Å². The molecule has 0 bridgehead atoms. The number of methoxy groups -OCH3 is 1. The summed E-state index contributed by atoms with van der Waals surface area (Å²) in [4.78, 5) is 14.2. The van der Waals surface area contributed by atoms with Crippen LogP contribution in [0.1, 0.15) is 10.5 Å². The summed E-state index contributed by atoms with van der Waals surface area (Å²) in [7, 11) is 3.30. The Morgan fingerprint density at radius 2 is 2.20 bits per heavy atom. The highest BCUT2D eigenvalue weighted by atomic mass is 16.5. The van der Waals surface area contributed by atoms with Crippen LogP contribution in [0.25, 0.3) is 22.2 Å². The van der Waals surface area contributed by atoms with Crippen LogP contribution in [0.4, 0.5) is 0 Å². The number of aromatic amines is 1. The SMILES string of the molecule is COc1ccc2[nH]ccc2c1-c1cc(C(=O)O)nn1C. The fourth-order valence-corrected chi connectivity index (χ4v) is 2.35. The van der Waals surface area contributed by atoms with Crippen molar-refractivity contribution in [2.24, 2.45) is 7.05 Å². The number of benzene rings is 1. The van der Waals surface area contributed by atoms with E-state index < -0.39 is 5.97 Å². The minimum atomic E-state index is -1.05. The molecule has 0 spiro atoms. The number of nitrogens with zero attached hydrogens (tertiary/aromatic N) is 2. The van der Waals surface area contributed by atoms with E-state index in [0.717, 1.165) is 16.5 Å². The van der Waals surface area contributed by atoms with Gasteiger partial charge in [-0.05, 0) is 24.3 Å². The number of nitrogens with one attached hydrogen (secondary N) is 1. The third-order valence-electron chi connectivity index (χ3n) is 3.27. The van der Waals surface area contributed by atoms with E-state index in [4.69, 9.17) is 9.84 Å². The molecule has 6 heteroatoms. The second-order valence-electron chi connectivity index (χ2n) is 4.43. The molecule has 0 fully saturated rings. The molecule has 102 valence electrons. The largest absolute Gasteiger partial charge is 0.496 e. The molecule has 0 amide bonds. The zero-order valence-corrected chi connectivity index (χ0v) is 11.0. The van der Waals surface area contributed by atoms with Gasteiger partial charge in [0.05, 0.1) is 18.4 Å². The molecule has 0 atom stereocenters. The average Bonchev–Trinajstić information content (AvgIpc) is 3.03. The third-order valence-corrected chi connectivity index (χ3v) is 3.27. The topological polar surface area (TPSA) is 80.1 Å². The average molecular weight is 271 g/mol. The van der Waals surface area contributed by atoms with Crippen molar-refractivity contribution < 1.29 is 14.6 Å². The molecule has 3 rings (SSSR count). The first-order valence-corrected chi connectivity index (χ1v) is 6.03. The van der Waals surface area contributed by atoms with Gasteiger partial charge in [0.25, 0.3) is 0 Å². The van der Waals surface area contributed by atoms with Gasteiger partial charge in [0.1, 0.15) is 5.75 Å². The molecule has 1 aromatic carbocycles. The number of fused-ring (bicyclic) bond motifs is 1. The lowest BCUT2D eigenvalue weighted by Gasteiger charge is -2.10. The second-order valence-corrected chi connectivity index (χ2v) is 4.43. The van der Waals surface area contributed by atoms with Crippen molar-refractivity contribution in [1.82, 2.24) is 14.8 Å². The molecule has 0 saturated heterocycles. The van der Waals surface area contributed by atoms with E-state index in [-0.39, 0.29) is 5.69 Å². The van der Waals surface area contributed by atoms with Gasteiger partial charge < -0.3 is 14.8 Å². The highest BCUT2D eigenvalue weighted by Crippen LogP contribution is 2.36. The highest BCUT2D eigenvalue weighted by molar-refractivity contribution is 5.98. The van der Waals surface area contributed by atoms with E-state index >= 15 is 0 Å². The van der Waals surface area contributed by atoms with Crippen LogP contribution in [0.15, 0.2) is 30.5 Å². The van der Waals surface area contributed by atoms with Crippen LogP contribution in [0.3, 0.4) is 0 Å². The van der Waals surface area contributed by atoms with Crippen LogP contribution in [0.5, 0.6) is 5.75 Å². The molecule has 0 saturated carbocycles. The molecular weight excluding hydrogens is 258 g/mol. The smallest absolute Gasteiger partial charge is 0.356 e. The molecule has 6 nitrogen and oxygen atoms in total. The van der Waals surface area contributed by atoms with E-state index in [1.165, 1.54) is 0 Å². The molecule has 3 aromatic rings. The molecule has 0 unspecified atom stereocenters. The summed E-state index contributed by atoms with van der Waals surface area (Å²) in [6.07, 6.45) is 1.84. The lowest BCUT2D eigenvalue weighted by molar-refractivity contribution is 0.0689. The van der Waals surface area contributed by atoms with Gasteiger partial charge in [-0.15, -0.1) is 0 Å². The van der Waals surface area contributed by atoms with E-state index in [1.54, 1.807) is 24.9 Å². The van der Waals surface area contributed by atoms with Crippen molar-refractivity contribution in [3.63, 3.8) is 0 Å². The molecule has 0 aliphatic carbocycles. The number of carbonyl (C=O) groups is 1. The van der Waals surface area contributed by atoms with Gasteiger partial charge >= 0.3 is 5.97 Å². The standard InChI is InChI=1S/C14H13N3O3/c1-17-11(7-10(16-17)14(18)19)13-8-5-6-15-9(8)3-4-12(13)20-2/h3-7,15H,1-2H3,(H,18,19). The van der Waals surface area contributed by atoms with Crippen molar-refractivity contribution >= 4 is 16.9 Å². The quantitative estimate of drug-likeness (QED) is 0.765. The van der Waals surface area contributed by atoms with Crippen LogP contribution in [0.2, 0.25) is 0 Å². The molecule has 2 heterocycles.